The van der Waals surface area contributed by atoms with E-state index in [4.69, 9.17) is 4.74 Å². The maximum Gasteiger partial charge on any atom is 0.412 e. The summed E-state index contributed by atoms with van der Waals surface area (Å²) in [6, 6.07) is 5.48. The molecular formula is C17H23NO3. The fourth-order valence-corrected chi connectivity index (χ4v) is 2.76. The van der Waals surface area contributed by atoms with Gasteiger partial charge < -0.3 is 4.74 Å². The van der Waals surface area contributed by atoms with E-state index in [9.17, 15) is 9.59 Å². The Labute approximate surface area is 125 Å². The Morgan fingerprint density at radius 1 is 1.29 bits per heavy atom. The van der Waals surface area contributed by atoms with Gasteiger partial charge in [0.1, 0.15) is 11.9 Å². The summed E-state index contributed by atoms with van der Waals surface area (Å²) >= 11 is 0. The number of carbonyl (C=O) groups is 2. The van der Waals surface area contributed by atoms with Gasteiger partial charge in [-0.15, -0.1) is 0 Å². The topological polar surface area (TPSA) is 55.4 Å². The van der Waals surface area contributed by atoms with E-state index in [1.54, 1.807) is 12.1 Å². The minimum absolute atomic E-state index is 0.454. The summed E-state index contributed by atoms with van der Waals surface area (Å²) in [5, 5.41) is 2.80. The van der Waals surface area contributed by atoms with Gasteiger partial charge >= 0.3 is 6.09 Å². The van der Waals surface area contributed by atoms with Crippen LogP contribution in [0.3, 0.4) is 0 Å². The number of benzene rings is 1. The van der Waals surface area contributed by atoms with Gasteiger partial charge in [0.15, 0.2) is 0 Å². The first kappa shape index (κ1) is 15.5. The van der Waals surface area contributed by atoms with Crippen molar-refractivity contribution in [2.24, 2.45) is 0 Å². The molecule has 0 radical (unpaired) electrons. The zero-order chi connectivity index (χ0) is 15.5. The number of carbonyl (C=O) groups excluding carboxylic acids is 2. The van der Waals surface area contributed by atoms with Crippen LogP contribution in [0.4, 0.5) is 10.5 Å². The molecule has 1 aromatic carbocycles. The van der Waals surface area contributed by atoms with Gasteiger partial charge in [-0.1, -0.05) is 25.0 Å². The quantitative estimate of drug-likeness (QED) is 0.833. The highest BCUT2D eigenvalue weighted by atomic mass is 16.6. The van der Waals surface area contributed by atoms with Gasteiger partial charge in [-0.2, -0.15) is 0 Å². The lowest BCUT2D eigenvalue weighted by Crippen LogP contribution is -2.27. The van der Waals surface area contributed by atoms with Gasteiger partial charge in [-0.05, 0) is 51.2 Å². The number of aldehydes is 1. The first-order valence-electron chi connectivity index (χ1n) is 7.48. The first-order valence-corrected chi connectivity index (χ1v) is 7.48. The molecule has 4 nitrogen and oxygen atoms in total. The standard InChI is InChI=1S/C17H23NO3/c1-17(2,3)21-16(20)18-15-10-12(11-19)8-9-14(15)13-6-4-5-7-13/h8-11,13H,4-7H2,1-3H3,(H,18,20). The maximum atomic E-state index is 12.0. The van der Waals surface area contributed by atoms with E-state index in [1.807, 2.05) is 26.8 Å². The lowest BCUT2D eigenvalue weighted by Gasteiger charge is -2.21. The van der Waals surface area contributed by atoms with Crippen LogP contribution >= 0.6 is 0 Å². The van der Waals surface area contributed by atoms with Crippen LogP contribution in [-0.2, 0) is 4.74 Å². The van der Waals surface area contributed by atoms with E-state index in [0.717, 1.165) is 24.7 Å². The number of hydrogen-bond donors (Lipinski definition) is 1. The molecule has 0 heterocycles. The summed E-state index contributed by atoms with van der Waals surface area (Å²) in [6.45, 7) is 5.48. The van der Waals surface area contributed by atoms with Crippen LogP contribution in [0.1, 0.15) is 68.3 Å². The highest BCUT2D eigenvalue weighted by molar-refractivity contribution is 5.88. The Balaban J connectivity index is 2.22. The molecule has 21 heavy (non-hydrogen) atoms. The Kier molecular flexibility index (Phi) is 4.66. The summed E-state index contributed by atoms with van der Waals surface area (Å²) in [6.07, 6.45) is 4.99. The van der Waals surface area contributed by atoms with E-state index in [0.29, 0.717) is 17.2 Å². The molecule has 0 unspecified atom stereocenters. The molecule has 0 aliphatic heterocycles. The number of nitrogens with one attached hydrogen (secondary N) is 1. The van der Waals surface area contributed by atoms with E-state index in [2.05, 4.69) is 5.32 Å². The SMILES string of the molecule is CC(C)(C)OC(=O)Nc1cc(C=O)ccc1C1CCCC1. The van der Waals surface area contributed by atoms with Gasteiger partial charge in [-0.3, -0.25) is 10.1 Å². The highest BCUT2D eigenvalue weighted by Gasteiger charge is 2.22. The van der Waals surface area contributed by atoms with Gasteiger partial charge in [0.05, 0.1) is 0 Å². The smallest absolute Gasteiger partial charge is 0.412 e. The largest absolute Gasteiger partial charge is 0.444 e. The molecule has 0 spiro atoms. The van der Waals surface area contributed by atoms with Crippen molar-refractivity contribution >= 4 is 18.1 Å². The van der Waals surface area contributed by atoms with Crippen molar-refractivity contribution in [3.05, 3.63) is 29.3 Å². The molecule has 1 aromatic rings. The molecule has 0 aromatic heterocycles. The first-order chi connectivity index (χ1) is 9.89. The van der Waals surface area contributed by atoms with Gasteiger partial charge in [0.2, 0.25) is 0 Å². The molecule has 1 amide bonds. The summed E-state index contributed by atoms with van der Waals surface area (Å²) in [7, 11) is 0. The second-order valence-electron chi connectivity index (χ2n) is 6.57. The van der Waals surface area contributed by atoms with E-state index in [-0.39, 0.29) is 0 Å². The molecule has 114 valence electrons. The van der Waals surface area contributed by atoms with Gasteiger partial charge in [0, 0.05) is 11.3 Å². The predicted molar refractivity (Wildman–Crippen MR) is 82.9 cm³/mol. The van der Waals surface area contributed by atoms with Crippen molar-refractivity contribution < 1.29 is 14.3 Å². The van der Waals surface area contributed by atoms with Crippen molar-refractivity contribution in [3.63, 3.8) is 0 Å². The third-order valence-electron chi connectivity index (χ3n) is 3.64. The zero-order valence-corrected chi connectivity index (χ0v) is 12.9. The number of rotatable bonds is 3. The molecule has 1 N–H and O–H groups in total. The molecule has 1 saturated carbocycles. The second kappa shape index (κ2) is 6.29. The van der Waals surface area contributed by atoms with Crippen LogP contribution in [0.25, 0.3) is 0 Å². The van der Waals surface area contributed by atoms with Crippen LogP contribution < -0.4 is 5.32 Å². The second-order valence-corrected chi connectivity index (χ2v) is 6.57. The van der Waals surface area contributed by atoms with Crippen molar-refractivity contribution in [2.45, 2.75) is 58.0 Å². The van der Waals surface area contributed by atoms with Crippen molar-refractivity contribution in [1.29, 1.82) is 0 Å². The molecule has 4 heteroatoms. The van der Waals surface area contributed by atoms with Crippen molar-refractivity contribution in [3.8, 4) is 0 Å². The minimum atomic E-state index is -0.542. The fourth-order valence-electron chi connectivity index (χ4n) is 2.76. The average Bonchev–Trinajstić information content (AvgIpc) is 2.90. The molecular weight excluding hydrogens is 266 g/mol. The van der Waals surface area contributed by atoms with Gasteiger partial charge in [0.25, 0.3) is 0 Å². The van der Waals surface area contributed by atoms with Crippen LogP contribution in [-0.4, -0.2) is 18.0 Å². The molecule has 2 rings (SSSR count). The van der Waals surface area contributed by atoms with E-state index in [1.165, 1.54) is 12.8 Å². The minimum Gasteiger partial charge on any atom is -0.444 e. The predicted octanol–water partition coefficient (Wildman–Crippen LogP) is 4.50. The highest BCUT2D eigenvalue weighted by Crippen LogP contribution is 2.38. The average molecular weight is 289 g/mol. The van der Waals surface area contributed by atoms with Gasteiger partial charge in [-0.25, -0.2) is 4.79 Å². The summed E-state index contributed by atoms with van der Waals surface area (Å²) < 4.78 is 5.29. The van der Waals surface area contributed by atoms with Crippen molar-refractivity contribution in [1.82, 2.24) is 0 Å². The fraction of sp³-hybridized carbons (Fsp3) is 0.529. The summed E-state index contributed by atoms with van der Waals surface area (Å²) in [5.74, 6) is 0.454. The number of hydrogen-bond acceptors (Lipinski definition) is 3. The molecule has 1 aliphatic carbocycles. The van der Waals surface area contributed by atoms with Crippen LogP contribution in [0.5, 0.6) is 0 Å². The van der Waals surface area contributed by atoms with Crippen LogP contribution in [0.2, 0.25) is 0 Å². The number of anilines is 1. The van der Waals surface area contributed by atoms with Crippen molar-refractivity contribution in [2.75, 3.05) is 5.32 Å². The molecule has 0 bridgehead atoms. The lowest BCUT2D eigenvalue weighted by atomic mass is 9.95. The van der Waals surface area contributed by atoms with E-state index < -0.39 is 11.7 Å². The monoisotopic (exact) mass is 289 g/mol. The Morgan fingerprint density at radius 2 is 1.95 bits per heavy atom. The Morgan fingerprint density at radius 3 is 2.52 bits per heavy atom. The Hall–Kier alpha value is -1.84. The normalized spacial score (nSPS) is 15.8. The lowest BCUT2D eigenvalue weighted by molar-refractivity contribution is 0.0635. The molecule has 0 atom stereocenters. The molecule has 1 aliphatic rings. The number of ether oxygens (including phenoxy) is 1. The third-order valence-corrected chi connectivity index (χ3v) is 3.64. The summed E-state index contributed by atoms with van der Waals surface area (Å²) in [5.41, 5.74) is 1.81. The molecule has 1 fully saturated rings. The third kappa shape index (κ3) is 4.31. The molecule has 0 saturated heterocycles. The van der Waals surface area contributed by atoms with Crippen LogP contribution in [0.15, 0.2) is 18.2 Å². The van der Waals surface area contributed by atoms with Crippen LogP contribution in [0, 0.1) is 0 Å². The Bertz CT molecular complexity index is 525. The zero-order valence-electron chi connectivity index (χ0n) is 12.9. The summed E-state index contributed by atoms with van der Waals surface area (Å²) in [4.78, 5) is 22.9. The maximum absolute atomic E-state index is 12.0. The van der Waals surface area contributed by atoms with E-state index >= 15 is 0 Å². The number of amides is 1.